The first-order chi connectivity index (χ1) is 16.0. The van der Waals surface area contributed by atoms with Crippen LogP contribution in [0.3, 0.4) is 0 Å². The number of nitrogens with zero attached hydrogens (tertiary/aromatic N) is 3. The fourth-order valence-electron chi connectivity index (χ4n) is 4.68. The molecule has 3 heterocycles. The third kappa shape index (κ3) is 5.89. The van der Waals surface area contributed by atoms with Crippen LogP contribution < -0.4 is 0 Å². The van der Waals surface area contributed by atoms with Crippen molar-refractivity contribution in [1.82, 2.24) is 14.8 Å². The molecule has 0 radical (unpaired) electrons. The number of carbonyl (C=O) groups is 2. The highest BCUT2D eigenvalue weighted by molar-refractivity contribution is 7.12. The number of likely N-dealkylation sites (tertiary alicyclic amines) is 1. The van der Waals surface area contributed by atoms with Crippen molar-refractivity contribution in [3.8, 4) is 0 Å². The first-order valence-electron chi connectivity index (χ1n) is 11.5. The van der Waals surface area contributed by atoms with Gasteiger partial charge >= 0.3 is 0 Å². The number of hydrogen-bond acceptors (Lipinski definition) is 5. The van der Waals surface area contributed by atoms with Gasteiger partial charge in [-0.05, 0) is 55.5 Å². The number of thiophene rings is 1. The Labute approximate surface area is 204 Å². The molecule has 1 unspecified atom stereocenters. The average Bonchev–Trinajstić information content (AvgIpc) is 3.53. The number of likely N-dealkylation sites (N-methyl/N-ethyl adjacent to an activating group) is 1. The van der Waals surface area contributed by atoms with Crippen molar-refractivity contribution in [1.29, 1.82) is 0 Å². The maximum Gasteiger partial charge on any atom is 0.263 e. The van der Waals surface area contributed by atoms with Gasteiger partial charge in [-0.1, -0.05) is 36.4 Å². The Balaban J connectivity index is 1.39. The molecule has 1 aliphatic heterocycles. The third-order valence-electron chi connectivity index (χ3n) is 6.68. The molecule has 33 heavy (non-hydrogen) atoms. The molecule has 1 atom stereocenters. The minimum atomic E-state index is 0.0874. The van der Waals surface area contributed by atoms with Gasteiger partial charge in [-0.2, -0.15) is 0 Å². The first-order valence-corrected chi connectivity index (χ1v) is 13.3. The summed E-state index contributed by atoms with van der Waals surface area (Å²) in [7, 11) is 1.94. The summed E-state index contributed by atoms with van der Waals surface area (Å²) < 4.78 is 0. The van der Waals surface area contributed by atoms with Crippen molar-refractivity contribution in [3.05, 3.63) is 74.4 Å². The molecule has 2 amide bonds. The van der Waals surface area contributed by atoms with Gasteiger partial charge in [0.15, 0.2) is 0 Å². The van der Waals surface area contributed by atoms with Crippen LogP contribution in [-0.2, 0) is 17.6 Å². The maximum atomic E-state index is 13.1. The minimum Gasteiger partial charge on any atom is -0.343 e. The van der Waals surface area contributed by atoms with E-state index in [9.17, 15) is 9.59 Å². The van der Waals surface area contributed by atoms with Gasteiger partial charge in [0.1, 0.15) is 0 Å². The van der Waals surface area contributed by atoms with Crippen LogP contribution in [0.5, 0.6) is 0 Å². The number of benzene rings is 1. The zero-order valence-electron chi connectivity index (χ0n) is 19.3. The summed E-state index contributed by atoms with van der Waals surface area (Å²) in [6, 6.07) is 14.3. The standard InChI is InChI=1S/C26H31N3O2S2/c1-19-23(33-18-27-19)10-11-25(30)29-14-12-21(13-15-29)22(17-20-7-4-3-5-8-20)28(2)26(31)24-9-6-16-32-24/h3-9,16,18,21-22H,10-15,17H2,1-2H3. The highest BCUT2D eigenvalue weighted by Crippen LogP contribution is 2.28. The Morgan fingerprint density at radius 3 is 2.52 bits per heavy atom. The molecule has 1 fully saturated rings. The van der Waals surface area contributed by atoms with E-state index in [-0.39, 0.29) is 17.9 Å². The molecule has 0 aliphatic carbocycles. The fraction of sp³-hybridized carbons (Fsp3) is 0.423. The monoisotopic (exact) mass is 481 g/mol. The lowest BCUT2D eigenvalue weighted by Crippen LogP contribution is -2.48. The lowest BCUT2D eigenvalue weighted by Gasteiger charge is -2.40. The second-order valence-electron chi connectivity index (χ2n) is 8.73. The minimum absolute atomic E-state index is 0.0874. The summed E-state index contributed by atoms with van der Waals surface area (Å²) in [5.41, 5.74) is 4.13. The SMILES string of the molecule is Cc1ncsc1CCC(=O)N1CCC(C(Cc2ccccc2)N(C)C(=O)c2cccs2)CC1. The molecule has 0 bridgehead atoms. The number of hydrogen-bond donors (Lipinski definition) is 0. The Hall–Kier alpha value is -2.51. The van der Waals surface area contributed by atoms with Crippen molar-refractivity contribution in [2.45, 2.75) is 45.1 Å². The van der Waals surface area contributed by atoms with Crippen LogP contribution in [0.2, 0.25) is 0 Å². The number of carbonyl (C=O) groups excluding carboxylic acids is 2. The summed E-state index contributed by atoms with van der Waals surface area (Å²) in [6.07, 6.45) is 3.98. The quantitative estimate of drug-likeness (QED) is 0.451. The number of amides is 2. The van der Waals surface area contributed by atoms with Crippen molar-refractivity contribution in [2.24, 2.45) is 5.92 Å². The number of thiazole rings is 1. The van der Waals surface area contributed by atoms with Crippen LogP contribution >= 0.6 is 22.7 Å². The van der Waals surface area contributed by atoms with E-state index in [0.717, 1.165) is 49.3 Å². The molecule has 3 aromatic rings. The molecule has 4 rings (SSSR count). The van der Waals surface area contributed by atoms with Gasteiger partial charge in [0.05, 0.1) is 16.1 Å². The summed E-state index contributed by atoms with van der Waals surface area (Å²) in [6.45, 7) is 3.53. The molecule has 5 nitrogen and oxygen atoms in total. The zero-order valence-corrected chi connectivity index (χ0v) is 20.9. The fourth-order valence-corrected chi connectivity index (χ4v) is 6.17. The van der Waals surface area contributed by atoms with E-state index in [1.807, 2.05) is 52.9 Å². The van der Waals surface area contributed by atoms with Gasteiger partial charge in [0.2, 0.25) is 5.91 Å². The molecule has 0 spiro atoms. The summed E-state index contributed by atoms with van der Waals surface area (Å²) in [5.74, 6) is 0.681. The first kappa shape index (κ1) is 23.6. The highest BCUT2D eigenvalue weighted by Gasteiger charge is 2.33. The summed E-state index contributed by atoms with van der Waals surface area (Å²) in [4.78, 5) is 36.2. The van der Waals surface area contributed by atoms with Crippen LogP contribution in [0.25, 0.3) is 0 Å². The van der Waals surface area contributed by atoms with Gasteiger partial charge < -0.3 is 9.80 Å². The second kappa shape index (κ2) is 11.1. The van der Waals surface area contributed by atoms with Crippen LogP contribution in [0, 0.1) is 12.8 Å². The predicted octanol–water partition coefficient (Wildman–Crippen LogP) is 5.07. The Bertz CT molecular complexity index is 1040. The van der Waals surface area contributed by atoms with Crippen LogP contribution in [0.1, 0.15) is 45.1 Å². The zero-order chi connectivity index (χ0) is 23.2. The van der Waals surface area contributed by atoms with E-state index in [1.54, 1.807) is 11.3 Å². The van der Waals surface area contributed by atoms with Gasteiger partial charge in [-0.15, -0.1) is 22.7 Å². The van der Waals surface area contributed by atoms with Crippen molar-refractivity contribution >= 4 is 34.5 Å². The van der Waals surface area contributed by atoms with E-state index in [1.165, 1.54) is 21.8 Å². The van der Waals surface area contributed by atoms with E-state index in [4.69, 9.17) is 0 Å². The summed E-state index contributed by atoms with van der Waals surface area (Å²) in [5, 5.41) is 1.95. The molecule has 0 N–H and O–H groups in total. The number of aromatic nitrogens is 1. The lowest BCUT2D eigenvalue weighted by molar-refractivity contribution is -0.132. The Morgan fingerprint density at radius 2 is 1.88 bits per heavy atom. The number of aryl methyl sites for hydroxylation is 2. The Morgan fingerprint density at radius 1 is 1.12 bits per heavy atom. The number of piperidine rings is 1. The van der Waals surface area contributed by atoms with Crippen molar-refractivity contribution in [3.63, 3.8) is 0 Å². The van der Waals surface area contributed by atoms with E-state index in [0.29, 0.717) is 12.3 Å². The molecule has 174 valence electrons. The van der Waals surface area contributed by atoms with Gasteiger partial charge in [-0.3, -0.25) is 9.59 Å². The molecule has 7 heteroatoms. The highest BCUT2D eigenvalue weighted by atomic mass is 32.1. The van der Waals surface area contributed by atoms with Gasteiger partial charge in [0, 0.05) is 37.5 Å². The topological polar surface area (TPSA) is 53.5 Å². The molecule has 1 aliphatic rings. The summed E-state index contributed by atoms with van der Waals surface area (Å²) >= 11 is 3.12. The molecular formula is C26H31N3O2S2. The van der Waals surface area contributed by atoms with E-state index in [2.05, 4.69) is 29.2 Å². The molecule has 2 aromatic heterocycles. The second-order valence-corrected chi connectivity index (χ2v) is 10.6. The van der Waals surface area contributed by atoms with Gasteiger partial charge in [-0.25, -0.2) is 4.98 Å². The largest absolute Gasteiger partial charge is 0.343 e. The molecule has 0 saturated carbocycles. The van der Waals surface area contributed by atoms with Crippen molar-refractivity contribution < 1.29 is 9.59 Å². The van der Waals surface area contributed by atoms with Gasteiger partial charge in [0.25, 0.3) is 5.91 Å². The number of rotatable bonds is 8. The van der Waals surface area contributed by atoms with Crippen LogP contribution in [0.4, 0.5) is 0 Å². The molecule has 1 aromatic carbocycles. The lowest BCUT2D eigenvalue weighted by atomic mass is 9.84. The van der Waals surface area contributed by atoms with E-state index < -0.39 is 0 Å². The van der Waals surface area contributed by atoms with Crippen LogP contribution in [0.15, 0.2) is 53.4 Å². The predicted molar refractivity (Wildman–Crippen MR) is 135 cm³/mol. The van der Waals surface area contributed by atoms with Crippen LogP contribution in [-0.4, -0.2) is 52.8 Å². The average molecular weight is 482 g/mol. The van der Waals surface area contributed by atoms with Crippen molar-refractivity contribution in [2.75, 3.05) is 20.1 Å². The van der Waals surface area contributed by atoms with E-state index >= 15 is 0 Å². The smallest absolute Gasteiger partial charge is 0.263 e. The Kier molecular flexibility index (Phi) is 7.93. The molecular weight excluding hydrogens is 450 g/mol. The third-order valence-corrected chi connectivity index (χ3v) is 8.54. The normalized spacial score (nSPS) is 15.4. The maximum absolute atomic E-state index is 13.1. The molecule has 1 saturated heterocycles.